The van der Waals surface area contributed by atoms with E-state index in [2.05, 4.69) is 37.2 Å². The molecule has 0 radical (unpaired) electrons. The Kier molecular flexibility index (Phi) is 6.62. The van der Waals surface area contributed by atoms with Crippen LogP contribution >= 0.6 is 37.2 Å². The Bertz CT molecular complexity index is 504. The highest BCUT2D eigenvalue weighted by Crippen LogP contribution is 2.22. The van der Waals surface area contributed by atoms with Crippen LogP contribution in [0.25, 0.3) is 11.1 Å². The van der Waals surface area contributed by atoms with Crippen LogP contribution in [0.2, 0.25) is 0 Å². The van der Waals surface area contributed by atoms with Crippen molar-refractivity contribution in [3.8, 4) is 16.9 Å². The predicted octanol–water partition coefficient (Wildman–Crippen LogP) is 5.03. The van der Waals surface area contributed by atoms with Crippen LogP contribution in [0.5, 0.6) is 5.75 Å². The Hall–Kier alpha value is -0.630. The fraction of sp³-hybridized carbons (Fsp3) is 0.0714. The molecular weight excluding hydrogens is 454 g/mol. The number of hydrogen-bond donors (Lipinski definition) is 1. The molecule has 1 N–H and O–H groups in total. The number of phenolic OH excluding ortho intramolecular Hbond substituents is 1. The molecule has 94 valence electrons. The van der Waals surface area contributed by atoms with Gasteiger partial charge in [0.2, 0.25) is 0 Å². The van der Waals surface area contributed by atoms with Crippen molar-refractivity contribution in [2.45, 2.75) is 6.92 Å². The van der Waals surface area contributed by atoms with Crippen LogP contribution in [0.3, 0.4) is 0 Å². The lowest BCUT2D eigenvalue weighted by Gasteiger charge is -2.02. The van der Waals surface area contributed by atoms with Gasteiger partial charge in [-0.1, -0.05) is 36.4 Å². The van der Waals surface area contributed by atoms with Gasteiger partial charge < -0.3 is 5.11 Å². The Morgan fingerprint density at radius 3 is 1.67 bits per heavy atom. The highest BCUT2D eigenvalue weighted by molar-refractivity contribution is 15.0. The second-order valence-electron chi connectivity index (χ2n) is 3.68. The van der Waals surface area contributed by atoms with E-state index in [-0.39, 0.29) is 11.5 Å². The van der Waals surface area contributed by atoms with Crippen LogP contribution in [0.15, 0.2) is 48.5 Å². The molecule has 0 aliphatic heterocycles. The number of halogens is 2. The molecule has 18 heavy (non-hydrogen) atoms. The van der Waals surface area contributed by atoms with Gasteiger partial charge in [0.1, 0.15) is 5.75 Å². The Balaban J connectivity index is 0.000000771. The molecule has 0 saturated heterocycles. The minimum Gasteiger partial charge on any atom is -0.508 e. The molecule has 0 atom stereocenters. The van der Waals surface area contributed by atoms with Crippen LogP contribution in [0, 0.1) is 0 Å². The fourth-order valence-corrected chi connectivity index (χ4v) is 1.55. The number of hydrogen-bond acceptors (Lipinski definition) is 2. The summed E-state index contributed by atoms with van der Waals surface area (Å²) < 4.78 is 0. The first-order valence-electron chi connectivity index (χ1n) is 5.21. The second kappa shape index (κ2) is 7.73. The van der Waals surface area contributed by atoms with E-state index in [1.54, 1.807) is 19.1 Å². The molecule has 0 amide bonds. The van der Waals surface area contributed by atoms with Gasteiger partial charge in [0.25, 0.3) is 0 Å². The Morgan fingerprint density at radius 1 is 0.889 bits per heavy atom. The standard InChI is InChI=1S/C14H12O2.I2/c1-10(15)11-2-4-12(5-3-11)13-6-8-14(16)9-7-13;1-2/h2-9,16H,1H3;. The third-order valence-corrected chi connectivity index (χ3v) is 2.49. The molecule has 0 bridgehead atoms. The van der Waals surface area contributed by atoms with E-state index in [1.165, 1.54) is 0 Å². The quantitative estimate of drug-likeness (QED) is 0.498. The van der Waals surface area contributed by atoms with Gasteiger partial charge in [0, 0.05) is 42.8 Å². The van der Waals surface area contributed by atoms with Crippen LogP contribution in [-0.4, -0.2) is 10.9 Å². The van der Waals surface area contributed by atoms with E-state index in [0.29, 0.717) is 5.56 Å². The molecule has 0 unspecified atom stereocenters. The summed E-state index contributed by atoms with van der Waals surface area (Å²) in [7, 11) is 0. The minimum atomic E-state index is 0.0669. The molecule has 0 aliphatic rings. The highest BCUT2D eigenvalue weighted by Gasteiger charge is 2.00. The van der Waals surface area contributed by atoms with E-state index in [0.717, 1.165) is 11.1 Å². The van der Waals surface area contributed by atoms with Gasteiger partial charge in [-0.2, -0.15) is 0 Å². The van der Waals surface area contributed by atoms with E-state index in [4.69, 9.17) is 0 Å². The number of aromatic hydroxyl groups is 1. The third-order valence-electron chi connectivity index (χ3n) is 2.49. The molecule has 0 heterocycles. The molecule has 0 saturated carbocycles. The molecular formula is C14H12I2O2. The first-order chi connectivity index (χ1) is 8.66. The van der Waals surface area contributed by atoms with E-state index >= 15 is 0 Å². The Morgan fingerprint density at radius 2 is 1.28 bits per heavy atom. The summed E-state index contributed by atoms with van der Waals surface area (Å²) in [5.41, 5.74) is 2.76. The van der Waals surface area contributed by atoms with Crippen molar-refractivity contribution in [2.24, 2.45) is 0 Å². The van der Waals surface area contributed by atoms with Gasteiger partial charge in [-0.25, -0.2) is 0 Å². The molecule has 0 aromatic heterocycles. The molecule has 2 aromatic carbocycles. The molecule has 2 nitrogen and oxygen atoms in total. The number of benzene rings is 2. The maximum absolute atomic E-state index is 11.1. The normalized spacial score (nSPS) is 9.28. The summed E-state index contributed by atoms with van der Waals surface area (Å²) in [6, 6.07) is 14.4. The smallest absolute Gasteiger partial charge is 0.159 e. The maximum Gasteiger partial charge on any atom is 0.159 e. The van der Waals surface area contributed by atoms with Gasteiger partial charge in [0.05, 0.1) is 0 Å². The highest BCUT2D eigenvalue weighted by atomic mass is 128. The van der Waals surface area contributed by atoms with Crippen LogP contribution in [0.1, 0.15) is 17.3 Å². The molecule has 0 spiro atoms. The number of rotatable bonds is 2. The zero-order valence-corrected chi connectivity index (χ0v) is 14.0. The summed E-state index contributed by atoms with van der Waals surface area (Å²) in [4.78, 5) is 11.1. The van der Waals surface area contributed by atoms with E-state index in [1.807, 2.05) is 36.4 Å². The molecule has 4 heteroatoms. The fourth-order valence-electron chi connectivity index (χ4n) is 1.55. The van der Waals surface area contributed by atoms with Gasteiger partial charge in [-0.05, 0) is 30.2 Å². The second-order valence-corrected chi connectivity index (χ2v) is 3.68. The zero-order chi connectivity index (χ0) is 13.5. The first kappa shape index (κ1) is 15.4. The van der Waals surface area contributed by atoms with E-state index in [9.17, 15) is 9.90 Å². The topological polar surface area (TPSA) is 37.3 Å². The van der Waals surface area contributed by atoms with Crippen LogP contribution < -0.4 is 0 Å². The first-order valence-corrected chi connectivity index (χ1v) is 11.5. The lowest BCUT2D eigenvalue weighted by molar-refractivity contribution is 0.101. The molecule has 0 fully saturated rings. The van der Waals surface area contributed by atoms with Gasteiger partial charge in [0.15, 0.2) is 5.78 Å². The van der Waals surface area contributed by atoms with Crippen molar-refractivity contribution in [1.82, 2.24) is 0 Å². The summed E-state index contributed by atoms with van der Waals surface area (Å²) in [6.07, 6.45) is 0. The third kappa shape index (κ3) is 4.24. The minimum absolute atomic E-state index is 0.0669. The van der Waals surface area contributed by atoms with Gasteiger partial charge in [-0.15, -0.1) is 0 Å². The summed E-state index contributed by atoms with van der Waals surface area (Å²) in [5.74, 6) is 0.321. The number of Topliss-reactive ketones (excluding diaryl/α,β-unsaturated/α-hetero) is 1. The average molecular weight is 466 g/mol. The van der Waals surface area contributed by atoms with E-state index < -0.39 is 0 Å². The largest absolute Gasteiger partial charge is 0.508 e. The monoisotopic (exact) mass is 466 g/mol. The number of ketones is 1. The van der Waals surface area contributed by atoms with Crippen molar-refractivity contribution >= 4 is 43.0 Å². The molecule has 2 aromatic rings. The van der Waals surface area contributed by atoms with Crippen molar-refractivity contribution in [3.63, 3.8) is 0 Å². The predicted molar refractivity (Wildman–Crippen MR) is 91.6 cm³/mol. The lowest BCUT2D eigenvalue weighted by atomic mass is 10.0. The SMILES string of the molecule is CC(=O)c1ccc(-c2ccc(O)cc2)cc1.II. The maximum atomic E-state index is 11.1. The zero-order valence-electron chi connectivity index (χ0n) is 9.73. The number of carbonyl (C=O) groups excluding carboxylic acids is 1. The Labute approximate surface area is 130 Å². The summed E-state index contributed by atoms with van der Waals surface area (Å²) in [6.45, 7) is 1.55. The van der Waals surface area contributed by atoms with Crippen LogP contribution in [0.4, 0.5) is 0 Å². The molecule has 2 rings (SSSR count). The lowest BCUT2D eigenvalue weighted by Crippen LogP contribution is -1.90. The van der Waals surface area contributed by atoms with Crippen molar-refractivity contribution < 1.29 is 9.90 Å². The number of phenols is 1. The van der Waals surface area contributed by atoms with Crippen LogP contribution in [-0.2, 0) is 0 Å². The average Bonchev–Trinajstić information content (AvgIpc) is 2.42. The van der Waals surface area contributed by atoms with Crippen molar-refractivity contribution in [2.75, 3.05) is 0 Å². The summed E-state index contributed by atoms with van der Waals surface area (Å²) >= 11 is 4.24. The summed E-state index contributed by atoms with van der Waals surface area (Å²) in [5, 5.41) is 9.18. The van der Waals surface area contributed by atoms with Gasteiger partial charge >= 0.3 is 0 Å². The van der Waals surface area contributed by atoms with Crippen molar-refractivity contribution in [1.29, 1.82) is 0 Å². The van der Waals surface area contributed by atoms with Crippen molar-refractivity contribution in [3.05, 3.63) is 54.1 Å². The molecule has 0 aliphatic carbocycles. The number of carbonyl (C=O) groups is 1. The van der Waals surface area contributed by atoms with Gasteiger partial charge in [-0.3, -0.25) is 4.79 Å².